The molecule has 33 heavy (non-hydrogen) atoms. The number of nitrogens with one attached hydrogen (secondary N) is 1. The van der Waals surface area contributed by atoms with Gasteiger partial charge in [-0.2, -0.15) is 0 Å². The molecule has 0 saturated carbocycles. The van der Waals surface area contributed by atoms with Crippen LogP contribution in [0.25, 0.3) is 0 Å². The van der Waals surface area contributed by atoms with Crippen LogP contribution in [0.15, 0.2) is 36.4 Å². The highest BCUT2D eigenvalue weighted by Crippen LogP contribution is 2.29. The molecule has 11 heteroatoms. The van der Waals surface area contributed by atoms with E-state index in [1.165, 1.54) is 17.5 Å². The molecule has 2 aromatic carbocycles. The third-order valence-corrected chi connectivity index (χ3v) is 7.76. The first-order valence-electron chi connectivity index (χ1n) is 10.4. The molecule has 0 aromatic heterocycles. The number of carbonyl (C=O) groups excluding carboxylic acids is 1. The van der Waals surface area contributed by atoms with Gasteiger partial charge in [0.15, 0.2) is 0 Å². The molecule has 1 aliphatic heterocycles. The smallest absolute Gasteiger partial charge is 0.238 e. The Morgan fingerprint density at radius 2 is 1.82 bits per heavy atom. The largest absolute Gasteiger partial charge is 0.497 e. The van der Waals surface area contributed by atoms with E-state index in [0.717, 1.165) is 0 Å². The molecule has 1 fully saturated rings. The minimum absolute atomic E-state index is 0.145. The maximum absolute atomic E-state index is 13.0. The summed E-state index contributed by atoms with van der Waals surface area (Å²) < 4.78 is 37.8. The molecule has 2 aromatic rings. The Kier molecular flexibility index (Phi) is 8.83. The highest BCUT2D eigenvalue weighted by Gasteiger charge is 2.27. The van der Waals surface area contributed by atoms with E-state index in [4.69, 9.17) is 32.7 Å². The molecule has 1 saturated heterocycles. The van der Waals surface area contributed by atoms with Crippen LogP contribution in [-0.4, -0.2) is 70.5 Å². The van der Waals surface area contributed by atoms with E-state index in [1.54, 1.807) is 37.4 Å². The van der Waals surface area contributed by atoms with Crippen molar-refractivity contribution < 1.29 is 22.7 Å². The number of hydrogen-bond acceptors (Lipinski definition) is 6. The maximum Gasteiger partial charge on any atom is 0.238 e. The highest BCUT2D eigenvalue weighted by atomic mass is 35.5. The van der Waals surface area contributed by atoms with Crippen molar-refractivity contribution in [1.82, 2.24) is 9.21 Å². The summed E-state index contributed by atoms with van der Waals surface area (Å²) in [5.41, 5.74) is 1.05. The molecule has 0 bridgehead atoms. The zero-order chi connectivity index (χ0) is 24.0. The zero-order valence-corrected chi connectivity index (χ0v) is 20.8. The van der Waals surface area contributed by atoms with Crippen molar-refractivity contribution in [2.24, 2.45) is 0 Å². The summed E-state index contributed by atoms with van der Waals surface area (Å²) in [7, 11) is -0.486. The number of nitrogens with zero attached hydrogens (tertiary/aromatic N) is 2. The van der Waals surface area contributed by atoms with Crippen molar-refractivity contribution in [3.8, 4) is 11.5 Å². The average molecular weight is 516 g/mol. The molecule has 0 atom stereocenters. The number of ether oxygens (including phenoxy) is 2. The molecule has 0 radical (unpaired) electrons. The molecule has 1 N–H and O–H groups in total. The maximum atomic E-state index is 13.0. The van der Waals surface area contributed by atoms with Gasteiger partial charge in [0.05, 0.1) is 32.2 Å². The Labute approximate surface area is 204 Å². The Morgan fingerprint density at radius 3 is 2.52 bits per heavy atom. The summed E-state index contributed by atoms with van der Waals surface area (Å²) in [5, 5.41) is 3.63. The average Bonchev–Trinajstić information content (AvgIpc) is 3.02. The second kappa shape index (κ2) is 11.4. The van der Waals surface area contributed by atoms with Gasteiger partial charge in [-0.15, -0.1) is 0 Å². The Morgan fingerprint density at radius 1 is 1.03 bits per heavy atom. The van der Waals surface area contributed by atoms with Gasteiger partial charge in [-0.25, -0.2) is 12.7 Å². The fourth-order valence-electron chi connectivity index (χ4n) is 3.60. The van der Waals surface area contributed by atoms with Gasteiger partial charge in [0.1, 0.15) is 11.5 Å². The predicted octanol–water partition coefficient (Wildman–Crippen LogP) is 3.49. The van der Waals surface area contributed by atoms with Gasteiger partial charge in [-0.1, -0.05) is 29.3 Å². The number of sulfonamides is 1. The summed E-state index contributed by atoms with van der Waals surface area (Å²) in [6, 6.07) is 9.93. The van der Waals surface area contributed by atoms with E-state index in [0.29, 0.717) is 65.4 Å². The van der Waals surface area contributed by atoms with E-state index in [2.05, 4.69) is 5.32 Å². The quantitative estimate of drug-likeness (QED) is 0.578. The van der Waals surface area contributed by atoms with E-state index in [-0.39, 0.29) is 18.2 Å². The number of anilines is 1. The SMILES string of the molecule is COc1ccc(NC(=O)CN2CCCN(S(=O)(=O)Cc3ccc(Cl)cc3Cl)CC2)c(OC)c1. The van der Waals surface area contributed by atoms with Crippen LogP contribution < -0.4 is 14.8 Å². The van der Waals surface area contributed by atoms with E-state index in [1.807, 2.05) is 4.90 Å². The lowest BCUT2D eigenvalue weighted by Gasteiger charge is -2.22. The van der Waals surface area contributed by atoms with E-state index < -0.39 is 10.0 Å². The fourth-order valence-corrected chi connectivity index (χ4v) is 5.75. The first kappa shape index (κ1) is 25.6. The number of benzene rings is 2. The number of halogens is 2. The lowest BCUT2D eigenvalue weighted by atomic mass is 10.2. The van der Waals surface area contributed by atoms with Crippen LogP contribution >= 0.6 is 23.2 Å². The van der Waals surface area contributed by atoms with Crippen molar-refractivity contribution in [1.29, 1.82) is 0 Å². The van der Waals surface area contributed by atoms with Crippen LogP contribution in [0.1, 0.15) is 12.0 Å². The van der Waals surface area contributed by atoms with Gasteiger partial charge in [-0.3, -0.25) is 9.69 Å². The van der Waals surface area contributed by atoms with Gasteiger partial charge in [0, 0.05) is 35.7 Å². The van der Waals surface area contributed by atoms with Crippen molar-refractivity contribution >= 4 is 44.8 Å². The first-order chi connectivity index (χ1) is 15.7. The van der Waals surface area contributed by atoms with Crippen LogP contribution in [0.5, 0.6) is 11.5 Å². The molecule has 1 amide bonds. The highest BCUT2D eigenvalue weighted by molar-refractivity contribution is 7.88. The molecule has 0 unspecified atom stereocenters. The number of carbonyl (C=O) groups is 1. The van der Waals surface area contributed by atoms with Crippen LogP contribution in [0.4, 0.5) is 5.69 Å². The van der Waals surface area contributed by atoms with Crippen LogP contribution in [0, 0.1) is 0 Å². The second-order valence-corrected chi connectivity index (χ2v) is 10.4. The Hall–Kier alpha value is -2.04. The Bertz CT molecular complexity index is 1100. The van der Waals surface area contributed by atoms with Gasteiger partial charge < -0.3 is 14.8 Å². The van der Waals surface area contributed by atoms with Crippen molar-refractivity contribution in [2.75, 3.05) is 52.3 Å². The fraction of sp³-hybridized carbons (Fsp3) is 0.409. The van der Waals surface area contributed by atoms with Gasteiger partial charge in [-0.05, 0) is 42.8 Å². The minimum Gasteiger partial charge on any atom is -0.497 e. The number of rotatable bonds is 8. The summed E-state index contributed by atoms with van der Waals surface area (Å²) >= 11 is 12.1. The molecular formula is C22H27Cl2N3O5S. The molecule has 3 rings (SSSR count). The normalized spacial score (nSPS) is 15.6. The van der Waals surface area contributed by atoms with Gasteiger partial charge in [0.2, 0.25) is 15.9 Å². The molecule has 0 aliphatic carbocycles. The zero-order valence-electron chi connectivity index (χ0n) is 18.5. The van der Waals surface area contributed by atoms with Crippen molar-refractivity contribution in [2.45, 2.75) is 12.2 Å². The van der Waals surface area contributed by atoms with Gasteiger partial charge in [0.25, 0.3) is 0 Å². The summed E-state index contributed by atoms with van der Waals surface area (Å²) in [5.74, 6) is 0.721. The standard InChI is InChI=1S/C22H27Cl2N3O5S/c1-31-18-6-7-20(21(13-18)32-2)25-22(28)14-26-8-3-9-27(11-10-26)33(29,30)15-16-4-5-17(23)12-19(16)24/h4-7,12-13H,3,8-11,14-15H2,1-2H3,(H,25,28). The molecule has 8 nitrogen and oxygen atoms in total. The third kappa shape index (κ3) is 6.97. The molecule has 0 spiro atoms. The second-order valence-electron chi connectivity index (χ2n) is 7.64. The minimum atomic E-state index is -3.56. The summed E-state index contributed by atoms with van der Waals surface area (Å²) in [4.78, 5) is 14.5. The topological polar surface area (TPSA) is 88.2 Å². The van der Waals surface area contributed by atoms with Crippen molar-refractivity contribution in [3.05, 3.63) is 52.0 Å². The lowest BCUT2D eigenvalue weighted by Crippen LogP contribution is -2.38. The molecule has 1 aliphatic rings. The van der Waals surface area contributed by atoms with Crippen LogP contribution in [0.2, 0.25) is 10.0 Å². The van der Waals surface area contributed by atoms with E-state index in [9.17, 15) is 13.2 Å². The number of hydrogen-bond donors (Lipinski definition) is 1. The summed E-state index contributed by atoms with van der Waals surface area (Å²) in [6.45, 7) is 1.89. The van der Waals surface area contributed by atoms with E-state index >= 15 is 0 Å². The van der Waals surface area contributed by atoms with Gasteiger partial charge >= 0.3 is 0 Å². The Balaban J connectivity index is 1.58. The monoisotopic (exact) mass is 515 g/mol. The van der Waals surface area contributed by atoms with Crippen molar-refractivity contribution in [3.63, 3.8) is 0 Å². The lowest BCUT2D eigenvalue weighted by molar-refractivity contribution is -0.117. The number of methoxy groups -OCH3 is 2. The van der Waals surface area contributed by atoms with Crippen LogP contribution in [-0.2, 0) is 20.6 Å². The predicted molar refractivity (Wildman–Crippen MR) is 130 cm³/mol. The molecule has 180 valence electrons. The molecule has 1 heterocycles. The third-order valence-electron chi connectivity index (χ3n) is 5.34. The summed E-state index contributed by atoms with van der Waals surface area (Å²) in [6.07, 6.45) is 0.618. The van der Waals surface area contributed by atoms with Crippen LogP contribution in [0.3, 0.4) is 0 Å². The molecular weight excluding hydrogens is 489 g/mol. The number of amides is 1. The first-order valence-corrected chi connectivity index (χ1v) is 12.7.